The Bertz CT molecular complexity index is 369. The summed E-state index contributed by atoms with van der Waals surface area (Å²) in [5.41, 5.74) is 0.967. The van der Waals surface area contributed by atoms with Crippen molar-refractivity contribution in [3.05, 3.63) is 29.0 Å². The molecule has 0 aromatic carbocycles. The van der Waals surface area contributed by atoms with Crippen LogP contribution in [0, 0.1) is 0 Å². The molecule has 5 heteroatoms. The first-order chi connectivity index (χ1) is 7.25. The zero-order valence-corrected chi connectivity index (χ0v) is 9.00. The van der Waals surface area contributed by atoms with Crippen molar-refractivity contribution in [2.75, 3.05) is 19.6 Å². The number of carbonyl (C=O) groups is 1. The van der Waals surface area contributed by atoms with E-state index in [-0.39, 0.29) is 5.91 Å². The molecule has 80 valence electrons. The Hall–Kier alpha value is -1.13. The van der Waals surface area contributed by atoms with Gasteiger partial charge in [0.25, 0.3) is 0 Å². The summed E-state index contributed by atoms with van der Waals surface area (Å²) in [5, 5.41) is 3.30. The molecule has 0 unspecified atom stereocenters. The van der Waals surface area contributed by atoms with Gasteiger partial charge in [0.15, 0.2) is 0 Å². The van der Waals surface area contributed by atoms with E-state index in [0.29, 0.717) is 24.8 Å². The molecule has 0 atom stereocenters. The highest BCUT2D eigenvalue weighted by molar-refractivity contribution is 6.30. The van der Waals surface area contributed by atoms with Gasteiger partial charge in [-0.05, 0) is 6.07 Å². The number of nitrogens with zero attached hydrogens (tertiary/aromatic N) is 2. The van der Waals surface area contributed by atoms with Crippen LogP contribution in [0.2, 0.25) is 5.15 Å². The first kappa shape index (κ1) is 10.4. The molecule has 1 fully saturated rings. The Labute approximate surface area is 93.2 Å². The highest BCUT2D eigenvalue weighted by atomic mass is 35.5. The molecule has 1 aromatic rings. The van der Waals surface area contributed by atoms with Crippen LogP contribution in [0.5, 0.6) is 0 Å². The number of amides is 1. The third kappa shape index (κ3) is 2.67. The fourth-order valence-corrected chi connectivity index (χ4v) is 1.78. The van der Waals surface area contributed by atoms with Gasteiger partial charge >= 0.3 is 0 Å². The molecule has 0 spiro atoms. The van der Waals surface area contributed by atoms with E-state index in [1.807, 2.05) is 12.1 Å². The zero-order chi connectivity index (χ0) is 10.7. The van der Waals surface area contributed by atoms with Crippen LogP contribution in [0.3, 0.4) is 0 Å². The molecule has 1 aromatic heterocycles. The third-order valence-corrected chi connectivity index (χ3v) is 2.69. The van der Waals surface area contributed by atoms with E-state index in [2.05, 4.69) is 15.2 Å². The first-order valence-corrected chi connectivity index (χ1v) is 5.22. The molecule has 0 bridgehead atoms. The number of piperazine rings is 1. The van der Waals surface area contributed by atoms with Crippen LogP contribution in [-0.2, 0) is 11.3 Å². The molecule has 1 amide bonds. The zero-order valence-electron chi connectivity index (χ0n) is 8.24. The summed E-state index contributed by atoms with van der Waals surface area (Å²) in [6, 6.07) is 3.78. The molecular formula is C10H12ClN3O. The standard InChI is InChI=1S/C10H12ClN3O/c11-10-8(2-1-3-13-10)6-14-5-4-12-9(15)7-14/h1-3H,4-7H2,(H,12,15). The molecule has 2 rings (SSSR count). The summed E-state index contributed by atoms with van der Waals surface area (Å²) < 4.78 is 0. The fraction of sp³-hybridized carbons (Fsp3) is 0.400. The van der Waals surface area contributed by atoms with Crippen molar-refractivity contribution in [3.8, 4) is 0 Å². The van der Waals surface area contributed by atoms with E-state index < -0.39 is 0 Å². The van der Waals surface area contributed by atoms with Crippen molar-refractivity contribution in [2.45, 2.75) is 6.54 Å². The second-order valence-corrected chi connectivity index (χ2v) is 3.87. The van der Waals surface area contributed by atoms with E-state index in [1.165, 1.54) is 0 Å². The molecule has 0 aliphatic carbocycles. The number of rotatable bonds is 2. The second kappa shape index (κ2) is 4.59. The Morgan fingerprint density at radius 2 is 2.47 bits per heavy atom. The van der Waals surface area contributed by atoms with E-state index in [1.54, 1.807) is 6.20 Å². The van der Waals surface area contributed by atoms with Crippen molar-refractivity contribution in [1.29, 1.82) is 0 Å². The molecular weight excluding hydrogens is 214 g/mol. The lowest BCUT2D eigenvalue weighted by molar-refractivity contribution is -0.124. The van der Waals surface area contributed by atoms with Gasteiger partial charge in [-0.25, -0.2) is 4.98 Å². The molecule has 1 saturated heterocycles. The Balaban J connectivity index is 2.02. The van der Waals surface area contributed by atoms with Crippen molar-refractivity contribution >= 4 is 17.5 Å². The van der Waals surface area contributed by atoms with E-state index in [0.717, 1.165) is 12.1 Å². The van der Waals surface area contributed by atoms with Crippen LogP contribution in [0.1, 0.15) is 5.56 Å². The van der Waals surface area contributed by atoms with Crippen LogP contribution in [0.15, 0.2) is 18.3 Å². The normalized spacial score (nSPS) is 17.5. The highest BCUT2D eigenvalue weighted by Gasteiger charge is 2.16. The number of halogens is 1. The van der Waals surface area contributed by atoms with Crippen LogP contribution in [0.25, 0.3) is 0 Å². The maximum absolute atomic E-state index is 11.1. The predicted octanol–water partition coefficient (Wildman–Crippen LogP) is 0.667. The topological polar surface area (TPSA) is 45.2 Å². The maximum Gasteiger partial charge on any atom is 0.234 e. The van der Waals surface area contributed by atoms with Crippen LogP contribution in [-0.4, -0.2) is 35.4 Å². The van der Waals surface area contributed by atoms with E-state index >= 15 is 0 Å². The second-order valence-electron chi connectivity index (χ2n) is 3.51. The quantitative estimate of drug-likeness (QED) is 0.753. The van der Waals surface area contributed by atoms with Gasteiger partial charge in [0.2, 0.25) is 5.91 Å². The Kier molecular flexibility index (Phi) is 3.18. The lowest BCUT2D eigenvalue weighted by Gasteiger charge is -2.26. The summed E-state index contributed by atoms with van der Waals surface area (Å²) in [5.74, 6) is 0.0706. The average Bonchev–Trinajstić information content (AvgIpc) is 2.22. The summed E-state index contributed by atoms with van der Waals surface area (Å²) in [7, 11) is 0. The van der Waals surface area contributed by atoms with Crippen molar-refractivity contribution in [1.82, 2.24) is 15.2 Å². The van der Waals surface area contributed by atoms with E-state index in [4.69, 9.17) is 11.6 Å². The molecule has 4 nitrogen and oxygen atoms in total. The minimum Gasteiger partial charge on any atom is -0.354 e. The van der Waals surface area contributed by atoms with Crippen LogP contribution in [0.4, 0.5) is 0 Å². The molecule has 1 N–H and O–H groups in total. The lowest BCUT2D eigenvalue weighted by atomic mass is 10.2. The average molecular weight is 226 g/mol. The first-order valence-electron chi connectivity index (χ1n) is 4.84. The number of nitrogens with one attached hydrogen (secondary N) is 1. The number of carbonyl (C=O) groups excluding carboxylic acids is 1. The molecule has 2 heterocycles. The fourth-order valence-electron chi connectivity index (χ4n) is 1.60. The van der Waals surface area contributed by atoms with Gasteiger partial charge in [-0.15, -0.1) is 0 Å². The summed E-state index contributed by atoms with van der Waals surface area (Å²) in [4.78, 5) is 17.2. The van der Waals surface area contributed by atoms with Gasteiger partial charge in [-0.1, -0.05) is 17.7 Å². The van der Waals surface area contributed by atoms with Crippen LogP contribution < -0.4 is 5.32 Å². The molecule has 0 saturated carbocycles. The monoisotopic (exact) mass is 225 g/mol. The smallest absolute Gasteiger partial charge is 0.234 e. The minimum atomic E-state index is 0.0706. The maximum atomic E-state index is 11.1. The highest BCUT2D eigenvalue weighted by Crippen LogP contribution is 2.14. The predicted molar refractivity (Wildman–Crippen MR) is 57.5 cm³/mol. The summed E-state index contributed by atoms with van der Waals surface area (Å²) in [6.45, 7) is 2.68. The Morgan fingerprint density at radius 3 is 3.20 bits per heavy atom. The van der Waals surface area contributed by atoms with Crippen molar-refractivity contribution in [3.63, 3.8) is 0 Å². The van der Waals surface area contributed by atoms with Gasteiger partial charge in [0.05, 0.1) is 6.54 Å². The molecule has 15 heavy (non-hydrogen) atoms. The van der Waals surface area contributed by atoms with Gasteiger partial charge in [-0.3, -0.25) is 9.69 Å². The van der Waals surface area contributed by atoms with E-state index in [9.17, 15) is 4.79 Å². The SMILES string of the molecule is O=C1CN(Cc2cccnc2Cl)CCN1. The van der Waals surface area contributed by atoms with Gasteiger partial charge in [-0.2, -0.15) is 0 Å². The summed E-state index contributed by atoms with van der Waals surface area (Å²) >= 11 is 5.94. The lowest BCUT2D eigenvalue weighted by Crippen LogP contribution is -2.47. The number of hydrogen-bond donors (Lipinski definition) is 1. The van der Waals surface area contributed by atoms with Crippen molar-refractivity contribution < 1.29 is 4.79 Å². The number of aromatic nitrogens is 1. The number of pyridine rings is 1. The van der Waals surface area contributed by atoms with Crippen LogP contribution >= 0.6 is 11.6 Å². The summed E-state index contributed by atoms with van der Waals surface area (Å²) in [6.07, 6.45) is 1.66. The van der Waals surface area contributed by atoms with Crippen molar-refractivity contribution in [2.24, 2.45) is 0 Å². The minimum absolute atomic E-state index is 0.0706. The Morgan fingerprint density at radius 1 is 1.60 bits per heavy atom. The van der Waals surface area contributed by atoms with Gasteiger partial charge in [0.1, 0.15) is 5.15 Å². The molecule has 0 radical (unpaired) electrons. The largest absolute Gasteiger partial charge is 0.354 e. The number of hydrogen-bond acceptors (Lipinski definition) is 3. The van der Waals surface area contributed by atoms with Gasteiger partial charge < -0.3 is 5.32 Å². The van der Waals surface area contributed by atoms with Gasteiger partial charge in [0, 0.05) is 31.4 Å². The molecule has 1 aliphatic rings. The third-order valence-electron chi connectivity index (χ3n) is 2.35. The molecule has 1 aliphatic heterocycles.